The standard InChI is InChI=1S/C76H46N4S2/c1-2-14-47(15-3-1)48-28-30-49(31-29-48)50-16-12-17-55(40-50)66-46-67(78-76(77-66)80-69-25-9-5-21-59(69)63-43-52(33-37-71(63)80)54-35-39-75-65(45-54)61-23-7-11-27-73(61)82-75)56-18-13-19-57(41-56)79-68-24-8-4-20-58(68)62-42-51(32-36-70(62)79)53-34-38-74-64(44-53)60-22-6-10-26-72(60)81-74/h1-46H. The van der Waals surface area contributed by atoms with E-state index in [9.17, 15) is 0 Å². The first-order valence-electron chi connectivity index (χ1n) is 27.8. The van der Waals surface area contributed by atoms with Crippen LogP contribution in [0, 0.1) is 0 Å². The highest BCUT2D eigenvalue weighted by Gasteiger charge is 2.21. The summed E-state index contributed by atoms with van der Waals surface area (Å²) in [5.74, 6) is 0.610. The number of aromatic nitrogens is 4. The topological polar surface area (TPSA) is 35.6 Å². The molecule has 12 aromatic carbocycles. The Balaban J connectivity index is 0.819. The van der Waals surface area contributed by atoms with E-state index in [2.05, 4.69) is 288 Å². The summed E-state index contributed by atoms with van der Waals surface area (Å²) in [4.78, 5) is 11.2. The van der Waals surface area contributed by atoms with Gasteiger partial charge in [0.2, 0.25) is 5.95 Å². The fraction of sp³-hybridized carbons (Fsp3) is 0. The van der Waals surface area contributed by atoms with Crippen molar-refractivity contribution < 1.29 is 0 Å². The second kappa shape index (κ2) is 18.7. The predicted molar refractivity (Wildman–Crippen MR) is 349 cm³/mol. The van der Waals surface area contributed by atoms with Crippen molar-refractivity contribution in [2.75, 3.05) is 0 Å². The smallest absolute Gasteiger partial charge is 0.235 e. The molecule has 0 aliphatic heterocycles. The van der Waals surface area contributed by atoms with Crippen LogP contribution in [0.3, 0.4) is 0 Å². The lowest BCUT2D eigenvalue weighted by Gasteiger charge is -2.14. The van der Waals surface area contributed by atoms with Gasteiger partial charge in [0.05, 0.1) is 33.5 Å². The van der Waals surface area contributed by atoms with Crippen LogP contribution in [0.25, 0.3) is 163 Å². The van der Waals surface area contributed by atoms with Crippen LogP contribution < -0.4 is 0 Å². The van der Waals surface area contributed by atoms with Crippen molar-refractivity contribution in [2.45, 2.75) is 0 Å². The van der Waals surface area contributed by atoms with Crippen molar-refractivity contribution >= 4 is 107 Å². The van der Waals surface area contributed by atoms with Gasteiger partial charge in [-0.05, 0) is 142 Å². The second-order valence-corrected chi connectivity index (χ2v) is 23.5. The van der Waals surface area contributed by atoms with Crippen molar-refractivity contribution in [3.8, 4) is 78.7 Å². The Kier molecular flexibility index (Phi) is 10.6. The number of para-hydroxylation sites is 2. The Labute approximate surface area is 480 Å². The molecule has 0 N–H and O–H groups in total. The predicted octanol–water partition coefficient (Wildman–Crippen LogP) is 21.4. The zero-order chi connectivity index (χ0) is 53.8. The van der Waals surface area contributed by atoms with Crippen LogP contribution in [0.5, 0.6) is 0 Å². The molecule has 0 atom stereocenters. The average molecular weight is 1080 g/mol. The molecule has 0 spiro atoms. The normalized spacial score (nSPS) is 11.9. The zero-order valence-corrected chi connectivity index (χ0v) is 45.8. The quantitative estimate of drug-likeness (QED) is 0.152. The Morgan fingerprint density at radius 1 is 0.220 bits per heavy atom. The van der Waals surface area contributed by atoms with E-state index in [1.54, 1.807) is 0 Å². The van der Waals surface area contributed by atoms with Crippen molar-refractivity contribution in [3.05, 3.63) is 279 Å². The molecule has 0 aliphatic carbocycles. The average Bonchev–Trinajstić information content (AvgIpc) is 3.14. The van der Waals surface area contributed by atoms with Gasteiger partial charge in [-0.25, -0.2) is 9.97 Å². The third-order valence-electron chi connectivity index (χ3n) is 16.6. The fourth-order valence-electron chi connectivity index (χ4n) is 12.6. The van der Waals surface area contributed by atoms with Crippen molar-refractivity contribution in [3.63, 3.8) is 0 Å². The molecule has 6 heteroatoms. The Bertz CT molecular complexity index is 5410. The summed E-state index contributed by atoms with van der Waals surface area (Å²) < 4.78 is 9.91. The highest BCUT2D eigenvalue weighted by molar-refractivity contribution is 7.26. The minimum Gasteiger partial charge on any atom is -0.309 e. The van der Waals surface area contributed by atoms with E-state index in [-0.39, 0.29) is 0 Å². The highest BCUT2D eigenvalue weighted by Crippen LogP contribution is 2.42. The van der Waals surface area contributed by atoms with Gasteiger partial charge in [-0.2, -0.15) is 0 Å². The Hall–Kier alpha value is -10.2. The molecular formula is C76H46N4S2. The maximum absolute atomic E-state index is 5.60. The molecule has 4 nitrogen and oxygen atoms in total. The highest BCUT2D eigenvalue weighted by atomic mass is 32.1. The summed E-state index contributed by atoms with van der Waals surface area (Å²) in [6, 6.07) is 102. The molecule has 0 fully saturated rings. The van der Waals surface area contributed by atoms with Crippen molar-refractivity contribution in [1.29, 1.82) is 0 Å². The fourth-order valence-corrected chi connectivity index (χ4v) is 14.8. The van der Waals surface area contributed by atoms with Crippen molar-refractivity contribution in [2.24, 2.45) is 0 Å². The van der Waals surface area contributed by atoms with Crippen LogP contribution in [0.15, 0.2) is 279 Å². The first-order valence-corrected chi connectivity index (χ1v) is 29.4. The maximum atomic E-state index is 5.60. The van der Waals surface area contributed by atoms with Crippen LogP contribution in [-0.2, 0) is 0 Å². The minimum atomic E-state index is 0.610. The number of nitrogens with zero attached hydrogens (tertiary/aromatic N) is 4. The molecule has 5 aromatic heterocycles. The number of thiophene rings is 2. The molecule has 0 saturated carbocycles. The van der Waals surface area contributed by atoms with E-state index < -0.39 is 0 Å². The minimum absolute atomic E-state index is 0.610. The molecule has 382 valence electrons. The van der Waals surface area contributed by atoms with E-state index >= 15 is 0 Å². The number of rotatable bonds is 8. The Morgan fingerprint density at radius 3 is 1.20 bits per heavy atom. The lowest BCUT2D eigenvalue weighted by atomic mass is 9.98. The van der Waals surface area contributed by atoms with Crippen LogP contribution in [0.2, 0.25) is 0 Å². The third-order valence-corrected chi connectivity index (χ3v) is 18.9. The second-order valence-electron chi connectivity index (χ2n) is 21.3. The van der Waals surface area contributed by atoms with Gasteiger partial charge in [-0.1, -0.05) is 182 Å². The lowest BCUT2D eigenvalue weighted by Crippen LogP contribution is -2.04. The zero-order valence-electron chi connectivity index (χ0n) is 44.2. The number of benzene rings is 12. The molecule has 0 unspecified atom stereocenters. The molecule has 0 radical (unpaired) electrons. The molecule has 17 aromatic rings. The summed E-state index contributed by atoms with van der Waals surface area (Å²) in [5, 5.41) is 9.93. The van der Waals surface area contributed by atoms with Crippen LogP contribution >= 0.6 is 22.7 Å². The van der Waals surface area contributed by atoms with Gasteiger partial charge < -0.3 is 4.57 Å². The summed E-state index contributed by atoms with van der Waals surface area (Å²) in [6.07, 6.45) is 0. The number of hydrogen-bond acceptors (Lipinski definition) is 4. The molecule has 0 saturated heterocycles. The van der Waals surface area contributed by atoms with Gasteiger partial charge in [0.1, 0.15) is 0 Å². The van der Waals surface area contributed by atoms with Gasteiger partial charge in [0, 0.05) is 78.7 Å². The van der Waals surface area contributed by atoms with Crippen LogP contribution in [0.4, 0.5) is 0 Å². The molecule has 0 aliphatic rings. The van der Waals surface area contributed by atoms with Gasteiger partial charge in [-0.3, -0.25) is 4.57 Å². The molecule has 82 heavy (non-hydrogen) atoms. The molecule has 0 amide bonds. The summed E-state index contributed by atoms with van der Waals surface area (Å²) in [6.45, 7) is 0. The Morgan fingerprint density at radius 2 is 0.598 bits per heavy atom. The molecular weight excluding hydrogens is 1030 g/mol. The van der Waals surface area contributed by atoms with Gasteiger partial charge >= 0.3 is 0 Å². The molecule has 17 rings (SSSR count). The van der Waals surface area contributed by atoms with E-state index in [1.807, 2.05) is 22.7 Å². The first-order chi connectivity index (χ1) is 40.6. The lowest BCUT2D eigenvalue weighted by molar-refractivity contribution is 0.995. The number of fused-ring (bicyclic) bond motifs is 12. The maximum Gasteiger partial charge on any atom is 0.235 e. The summed E-state index contributed by atoms with van der Waals surface area (Å²) in [5.41, 5.74) is 18.6. The summed E-state index contributed by atoms with van der Waals surface area (Å²) in [7, 11) is 0. The monoisotopic (exact) mass is 1080 g/mol. The van der Waals surface area contributed by atoms with E-state index in [4.69, 9.17) is 9.97 Å². The van der Waals surface area contributed by atoms with Gasteiger partial charge in [0.25, 0.3) is 0 Å². The SMILES string of the molecule is c1ccc(-c2ccc(-c3cccc(-c4cc(-c5cccc(-n6c7ccccc7c7cc(-c8ccc9sc%10ccccc%10c9c8)ccc76)c5)nc(-n5c6ccccc6c6cc(-c7ccc8sc9ccccc9c8c7)ccc65)n4)c3)cc2)cc1. The largest absolute Gasteiger partial charge is 0.309 e. The molecule has 0 bridgehead atoms. The molecule has 5 heterocycles. The van der Waals surface area contributed by atoms with E-state index in [1.165, 1.54) is 84.5 Å². The van der Waals surface area contributed by atoms with Crippen molar-refractivity contribution in [1.82, 2.24) is 19.1 Å². The van der Waals surface area contributed by atoms with Crippen LogP contribution in [-0.4, -0.2) is 19.1 Å². The van der Waals surface area contributed by atoms with Gasteiger partial charge in [0.15, 0.2) is 0 Å². The third kappa shape index (κ3) is 7.64. The number of hydrogen-bond donors (Lipinski definition) is 0. The van der Waals surface area contributed by atoms with E-state index in [0.29, 0.717) is 5.95 Å². The first kappa shape index (κ1) is 46.7. The van der Waals surface area contributed by atoms with E-state index in [0.717, 1.165) is 72.2 Å². The van der Waals surface area contributed by atoms with Gasteiger partial charge in [-0.15, -0.1) is 22.7 Å². The van der Waals surface area contributed by atoms with Crippen LogP contribution in [0.1, 0.15) is 0 Å². The summed E-state index contributed by atoms with van der Waals surface area (Å²) >= 11 is 3.71.